The molecule has 2 aromatic rings. The molecule has 0 bridgehead atoms. The van der Waals surface area contributed by atoms with Crippen LogP contribution in [0.3, 0.4) is 0 Å². The molecular formula is C15H20FN3. The van der Waals surface area contributed by atoms with Crippen molar-refractivity contribution in [1.82, 2.24) is 15.1 Å². The first-order valence-electron chi connectivity index (χ1n) is 6.57. The van der Waals surface area contributed by atoms with Crippen LogP contribution in [0.2, 0.25) is 0 Å². The highest BCUT2D eigenvalue weighted by Gasteiger charge is 2.09. The third-order valence-corrected chi connectivity index (χ3v) is 3.45. The number of nitrogens with zero attached hydrogens (tertiary/aromatic N) is 2. The molecule has 0 radical (unpaired) electrons. The van der Waals surface area contributed by atoms with Crippen molar-refractivity contribution in [2.45, 2.75) is 25.3 Å². The molecule has 0 aliphatic rings. The van der Waals surface area contributed by atoms with Crippen LogP contribution in [0.5, 0.6) is 0 Å². The Labute approximate surface area is 113 Å². The minimum atomic E-state index is -0.168. The van der Waals surface area contributed by atoms with Crippen LogP contribution in [0.25, 0.3) is 0 Å². The maximum atomic E-state index is 13.2. The molecule has 0 saturated heterocycles. The van der Waals surface area contributed by atoms with E-state index in [2.05, 4.69) is 10.4 Å². The summed E-state index contributed by atoms with van der Waals surface area (Å²) in [6.07, 6.45) is 4.63. The highest BCUT2D eigenvalue weighted by Crippen LogP contribution is 2.11. The van der Waals surface area contributed by atoms with Crippen molar-refractivity contribution in [2.24, 2.45) is 7.05 Å². The number of nitrogens with one attached hydrogen (secondary N) is 1. The number of hydrogen-bond donors (Lipinski definition) is 1. The van der Waals surface area contributed by atoms with E-state index in [4.69, 9.17) is 0 Å². The molecule has 0 saturated carbocycles. The summed E-state index contributed by atoms with van der Waals surface area (Å²) < 4.78 is 15.0. The largest absolute Gasteiger partial charge is 0.317 e. The highest BCUT2D eigenvalue weighted by atomic mass is 19.1. The molecule has 2 rings (SSSR count). The van der Waals surface area contributed by atoms with Crippen LogP contribution < -0.4 is 5.32 Å². The van der Waals surface area contributed by atoms with Crippen LogP contribution in [0.1, 0.15) is 17.7 Å². The Balaban J connectivity index is 1.92. The first-order chi connectivity index (χ1) is 9.19. The average molecular weight is 261 g/mol. The van der Waals surface area contributed by atoms with Crippen molar-refractivity contribution < 1.29 is 4.39 Å². The zero-order chi connectivity index (χ0) is 13.7. The Morgan fingerprint density at radius 3 is 2.84 bits per heavy atom. The fourth-order valence-electron chi connectivity index (χ4n) is 2.27. The Hall–Kier alpha value is -1.68. The molecule has 1 heterocycles. The molecule has 102 valence electrons. The quantitative estimate of drug-likeness (QED) is 0.865. The normalized spacial score (nSPS) is 12.6. The molecule has 1 aromatic carbocycles. The predicted octanol–water partition coefficient (Wildman–Crippen LogP) is 2.32. The molecule has 0 aliphatic heterocycles. The summed E-state index contributed by atoms with van der Waals surface area (Å²) in [5.74, 6) is -0.168. The van der Waals surface area contributed by atoms with E-state index in [0.29, 0.717) is 6.04 Å². The predicted molar refractivity (Wildman–Crippen MR) is 74.5 cm³/mol. The summed E-state index contributed by atoms with van der Waals surface area (Å²) in [6.45, 7) is 0. The lowest BCUT2D eigenvalue weighted by molar-refractivity contribution is 0.508. The molecule has 0 spiro atoms. The van der Waals surface area contributed by atoms with Gasteiger partial charge in [-0.25, -0.2) is 4.39 Å². The fraction of sp³-hybridized carbons (Fsp3) is 0.400. The van der Waals surface area contributed by atoms with Gasteiger partial charge in [-0.05, 0) is 50.1 Å². The Bertz CT molecular complexity index is 522. The van der Waals surface area contributed by atoms with Crippen molar-refractivity contribution in [1.29, 1.82) is 0 Å². The van der Waals surface area contributed by atoms with Crippen LogP contribution in [0.4, 0.5) is 4.39 Å². The van der Waals surface area contributed by atoms with Gasteiger partial charge in [0.1, 0.15) is 5.82 Å². The molecule has 4 heteroatoms. The second-order valence-corrected chi connectivity index (χ2v) is 4.80. The molecule has 0 aliphatic carbocycles. The lowest BCUT2D eigenvalue weighted by atomic mass is 10.0. The summed E-state index contributed by atoms with van der Waals surface area (Å²) in [5, 5.41) is 7.46. The average Bonchev–Trinajstić information content (AvgIpc) is 2.80. The number of hydrogen-bond acceptors (Lipinski definition) is 2. The van der Waals surface area contributed by atoms with E-state index < -0.39 is 0 Å². The van der Waals surface area contributed by atoms with Crippen LogP contribution in [-0.2, 0) is 19.9 Å². The van der Waals surface area contributed by atoms with Gasteiger partial charge in [0.05, 0.1) is 0 Å². The minimum Gasteiger partial charge on any atom is -0.317 e. The maximum Gasteiger partial charge on any atom is 0.123 e. The van der Waals surface area contributed by atoms with Gasteiger partial charge in [-0.1, -0.05) is 12.1 Å². The monoisotopic (exact) mass is 261 g/mol. The molecular weight excluding hydrogens is 241 g/mol. The van der Waals surface area contributed by atoms with Crippen LogP contribution >= 0.6 is 0 Å². The lowest BCUT2D eigenvalue weighted by Gasteiger charge is -2.16. The van der Waals surface area contributed by atoms with Gasteiger partial charge in [-0.2, -0.15) is 5.10 Å². The third kappa shape index (κ3) is 3.89. The topological polar surface area (TPSA) is 29.9 Å². The number of likely N-dealkylation sites (N-methyl/N-ethyl adjacent to an activating group) is 1. The molecule has 0 amide bonds. The minimum absolute atomic E-state index is 0.168. The van der Waals surface area contributed by atoms with Crippen LogP contribution in [0, 0.1) is 5.82 Å². The molecule has 3 nitrogen and oxygen atoms in total. The molecule has 1 N–H and O–H groups in total. The molecule has 0 fully saturated rings. The van der Waals surface area contributed by atoms with E-state index in [1.165, 1.54) is 11.8 Å². The van der Waals surface area contributed by atoms with Crippen molar-refractivity contribution in [2.75, 3.05) is 7.05 Å². The molecule has 1 aromatic heterocycles. The first kappa shape index (κ1) is 13.7. The Morgan fingerprint density at radius 1 is 1.37 bits per heavy atom. The Kier molecular flexibility index (Phi) is 4.68. The van der Waals surface area contributed by atoms with Gasteiger partial charge in [0, 0.05) is 25.0 Å². The van der Waals surface area contributed by atoms with E-state index in [1.807, 2.05) is 37.1 Å². The van der Waals surface area contributed by atoms with E-state index >= 15 is 0 Å². The Morgan fingerprint density at radius 2 is 2.21 bits per heavy atom. The summed E-state index contributed by atoms with van der Waals surface area (Å²) in [5.41, 5.74) is 2.25. The maximum absolute atomic E-state index is 13.2. The smallest absolute Gasteiger partial charge is 0.123 e. The van der Waals surface area contributed by atoms with Crippen LogP contribution in [0.15, 0.2) is 36.5 Å². The van der Waals surface area contributed by atoms with Gasteiger partial charge in [-0.3, -0.25) is 4.68 Å². The van der Waals surface area contributed by atoms with Crippen molar-refractivity contribution in [3.63, 3.8) is 0 Å². The second-order valence-electron chi connectivity index (χ2n) is 4.80. The number of aryl methyl sites for hydroxylation is 2. The standard InChI is InChI=1S/C15H20FN3/c1-17-14(6-7-15-8-9-18-19(15)2)11-12-4-3-5-13(16)10-12/h3-5,8-10,14,17H,6-7,11H2,1-2H3. The zero-order valence-electron chi connectivity index (χ0n) is 11.4. The number of aromatic nitrogens is 2. The van der Waals surface area contributed by atoms with Crippen molar-refractivity contribution in [3.8, 4) is 0 Å². The molecule has 1 atom stereocenters. The van der Waals surface area contributed by atoms with Gasteiger partial charge in [0.2, 0.25) is 0 Å². The van der Waals surface area contributed by atoms with Crippen molar-refractivity contribution in [3.05, 3.63) is 53.6 Å². The zero-order valence-corrected chi connectivity index (χ0v) is 11.4. The van der Waals surface area contributed by atoms with Gasteiger partial charge in [-0.15, -0.1) is 0 Å². The first-order valence-corrected chi connectivity index (χ1v) is 6.57. The van der Waals surface area contributed by atoms with Gasteiger partial charge >= 0.3 is 0 Å². The third-order valence-electron chi connectivity index (χ3n) is 3.45. The van der Waals surface area contributed by atoms with Gasteiger partial charge in [0.25, 0.3) is 0 Å². The van der Waals surface area contributed by atoms with Crippen LogP contribution in [-0.4, -0.2) is 22.9 Å². The van der Waals surface area contributed by atoms with E-state index in [-0.39, 0.29) is 5.82 Å². The van der Waals surface area contributed by atoms with Crippen molar-refractivity contribution >= 4 is 0 Å². The lowest BCUT2D eigenvalue weighted by Crippen LogP contribution is -2.28. The summed E-state index contributed by atoms with van der Waals surface area (Å²) in [6, 6.07) is 9.20. The van der Waals surface area contributed by atoms with Gasteiger partial charge < -0.3 is 5.32 Å². The number of rotatable bonds is 6. The summed E-state index contributed by atoms with van der Waals surface area (Å²) in [4.78, 5) is 0. The molecule has 1 unspecified atom stereocenters. The number of halogens is 1. The summed E-state index contributed by atoms with van der Waals surface area (Å²) >= 11 is 0. The van der Waals surface area contributed by atoms with Gasteiger partial charge in [0.15, 0.2) is 0 Å². The highest BCUT2D eigenvalue weighted by molar-refractivity contribution is 5.17. The SMILES string of the molecule is CNC(CCc1ccnn1C)Cc1cccc(F)c1. The van der Waals surface area contributed by atoms with E-state index in [1.54, 1.807) is 12.1 Å². The summed E-state index contributed by atoms with van der Waals surface area (Å²) in [7, 11) is 3.91. The van der Waals surface area contributed by atoms with E-state index in [0.717, 1.165) is 24.8 Å². The second kappa shape index (κ2) is 6.48. The molecule has 19 heavy (non-hydrogen) atoms. The number of benzene rings is 1. The van der Waals surface area contributed by atoms with E-state index in [9.17, 15) is 4.39 Å². The fourth-order valence-corrected chi connectivity index (χ4v) is 2.27.